The van der Waals surface area contributed by atoms with E-state index in [9.17, 15) is 14.7 Å². The number of aliphatic hydroxyl groups excluding tert-OH is 1. The van der Waals surface area contributed by atoms with Crippen molar-refractivity contribution in [2.24, 2.45) is 0 Å². The average Bonchev–Trinajstić information content (AvgIpc) is 2.82. The van der Waals surface area contributed by atoms with E-state index in [1.54, 1.807) is 0 Å². The molecule has 3 aromatic rings. The van der Waals surface area contributed by atoms with Crippen molar-refractivity contribution >= 4 is 22.8 Å². The normalized spacial score (nSPS) is 12.8. The Labute approximate surface area is 187 Å². The van der Waals surface area contributed by atoms with Crippen molar-refractivity contribution in [3.05, 3.63) is 83.9 Å². The zero-order chi connectivity index (χ0) is 22.9. The number of nitrogens with zero attached hydrogens (tertiary/aromatic N) is 1. The van der Waals surface area contributed by atoms with Gasteiger partial charge in [-0.15, -0.1) is 0 Å². The second-order valence-electron chi connectivity index (χ2n) is 7.59. The highest BCUT2D eigenvalue weighted by atomic mass is 16.5. The second-order valence-corrected chi connectivity index (χ2v) is 7.59. The molecule has 168 valence electrons. The zero-order valence-electron chi connectivity index (χ0n) is 18.0. The Morgan fingerprint density at radius 2 is 1.66 bits per heavy atom. The molecule has 3 rings (SSSR count). The first-order chi connectivity index (χ1) is 15.5. The summed E-state index contributed by atoms with van der Waals surface area (Å²) >= 11 is 0. The Bertz CT molecular complexity index is 1040. The number of hydrogen-bond donors (Lipinski definition) is 3. The number of carbonyl (C=O) groups is 2. The molecule has 0 spiro atoms. The van der Waals surface area contributed by atoms with Gasteiger partial charge in [-0.05, 0) is 21.9 Å². The van der Waals surface area contributed by atoms with Gasteiger partial charge < -0.3 is 25.2 Å². The Kier molecular flexibility index (Phi) is 8.19. The van der Waals surface area contributed by atoms with Gasteiger partial charge in [0, 0.05) is 26.1 Å². The van der Waals surface area contributed by atoms with E-state index in [0.717, 1.165) is 21.9 Å². The molecule has 7 nitrogen and oxygen atoms in total. The van der Waals surface area contributed by atoms with E-state index in [1.165, 1.54) is 11.9 Å². The Balaban J connectivity index is 1.99. The summed E-state index contributed by atoms with van der Waals surface area (Å²) in [7, 11) is 1.52. The Hall–Kier alpha value is -3.42. The summed E-state index contributed by atoms with van der Waals surface area (Å²) in [5.74, 6) is -0.697. The molecule has 2 atom stereocenters. The van der Waals surface area contributed by atoms with Gasteiger partial charge >= 0.3 is 6.09 Å². The number of fused-ring (bicyclic) bond motifs is 1. The molecule has 0 aliphatic carbocycles. The topological polar surface area (TPSA) is 99.1 Å². The van der Waals surface area contributed by atoms with Gasteiger partial charge in [-0.2, -0.15) is 0 Å². The number of carboxylic acid groups (broad SMARTS) is 1. The van der Waals surface area contributed by atoms with Crippen LogP contribution in [0.25, 0.3) is 10.8 Å². The highest BCUT2D eigenvalue weighted by Crippen LogP contribution is 2.36. The molecular formula is C25H28N2O5. The van der Waals surface area contributed by atoms with Crippen LogP contribution in [0.3, 0.4) is 0 Å². The maximum absolute atomic E-state index is 12.2. The van der Waals surface area contributed by atoms with Crippen LogP contribution in [-0.2, 0) is 9.53 Å². The minimum absolute atomic E-state index is 0.147. The van der Waals surface area contributed by atoms with Crippen LogP contribution in [0, 0.1) is 0 Å². The summed E-state index contributed by atoms with van der Waals surface area (Å²) in [5, 5.41) is 23.2. The number of benzene rings is 3. The number of hydrogen-bond acceptors (Lipinski definition) is 4. The maximum Gasteiger partial charge on any atom is 0.407 e. The number of amides is 2. The van der Waals surface area contributed by atoms with Crippen molar-refractivity contribution in [3.63, 3.8) is 0 Å². The number of carbonyl (C=O) groups excluding carboxylic acids is 1. The maximum atomic E-state index is 12.2. The third-order valence-corrected chi connectivity index (χ3v) is 5.32. The molecule has 0 aliphatic rings. The third-order valence-electron chi connectivity index (χ3n) is 5.32. The van der Waals surface area contributed by atoms with Gasteiger partial charge in [-0.25, -0.2) is 4.79 Å². The molecule has 0 bridgehead atoms. The van der Waals surface area contributed by atoms with E-state index in [-0.39, 0.29) is 38.1 Å². The molecular weight excluding hydrogens is 408 g/mol. The van der Waals surface area contributed by atoms with Crippen LogP contribution in [0.15, 0.2) is 72.8 Å². The van der Waals surface area contributed by atoms with Crippen molar-refractivity contribution in [2.75, 3.05) is 33.4 Å². The number of aliphatic hydroxyl groups is 1. The SMILES string of the molecule is CN(C[C@H](c1ccc2ccccc2c1)[C@H](OCC(=O)NCCO)c1ccccc1)C(=O)O. The molecule has 3 aromatic carbocycles. The van der Waals surface area contributed by atoms with Gasteiger partial charge in [0.15, 0.2) is 0 Å². The van der Waals surface area contributed by atoms with Crippen LogP contribution in [0.1, 0.15) is 23.1 Å². The lowest BCUT2D eigenvalue weighted by atomic mass is 9.87. The summed E-state index contributed by atoms with van der Waals surface area (Å²) in [5.41, 5.74) is 1.76. The van der Waals surface area contributed by atoms with E-state index < -0.39 is 12.2 Å². The van der Waals surface area contributed by atoms with E-state index >= 15 is 0 Å². The number of ether oxygens (including phenoxy) is 1. The van der Waals surface area contributed by atoms with Crippen LogP contribution in [-0.4, -0.2) is 60.5 Å². The summed E-state index contributed by atoms with van der Waals surface area (Å²) < 4.78 is 6.08. The average molecular weight is 437 g/mol. The molecule has 3 N–H and O–H groups in total. The van der Waals surface area contributed by atoms with Crippen LogP contribution < -0.4 is 5.32 Å². The van der Waals surface area contributed by atoms with Gasteiger partial charge in [-0.1, -0.05) is 72.8 Å². The Morgan fingerprint density at radius 3 is 2.34 bits per heavy atom. The van der Waals surface area contributed by atoms with Crippen LogP contribution >= 0.6 is 0 Å². The molecule has 0 radical (unpaired) electrons. The first-order valence-electron chi connectivity index (χ1n) is 10.5. The molecule has 0 fully saturated rings. The largest absolute Gasteiger partial charge is 0.465 e. The molecule has 7 heteroatoms. The summed E-state index contributed by atoms with van der Waals surface area (Å²) in [6.45, 7) is -0.0308. The fourth-order valence-electron chi connectivity index (χ4n) is 3.69. The molecule has 0 aliphatic heterocycles. The lowest BCUT2D eigenvalue weighted by Gasteiger charge is -2.31. The lowest BCUT2D eigenvalue weighted by Crippen LogP contribution is -2.35. The molecule has 0 heterocycles. The number of rotatable bonds is 10. The molecule has 0 unspecified atom stereocenters. The van der Waals surface area contributed by atoms with Crippen LogP contribution in [0.2, 0.25) is 0 Å². The predicted octanol–water partition coefficient (Wildman–Crippen LogP) is 3.40. The molecule has 0 aromatic heterocycles. The molecule has 0 saturated heterocycles. The van der Waals surface area contributed by atoms with E-state index in [2.05, 4.69) is 5.32 Å². The minimum Gasteiger partial charge on any atom is -0.465 e. The summed E-state index contributed by atoms with van der Waals surface area (Å²) in [6.07, 6.45) is -1.60. The van der Waals surface area contributed by atoms with Gasteiger partial charge in [0.25, 0.3) is 0 Å². The first-order valence-corrected chi connectivity index (χ1v) is 10.5. The summed E-state index contributed by atoms with van der Waals surface area (Å²) in [4.78, 5) is 25.0. The minimum atomic E-state index is -1.04. The quantitative estimate of drug-likeness (QED) is 0.452. The number of likely N-dealkylation sites (N-methyl/N-ethyl adjacent to an activating group) is 1. The van der Waals surface area contributed by atoms with Gasteiger partial charge in [-0.3, -0.25) is 4.79 Å². The molecule has 0 saturated carbocycles. The summed E-state index contributed by atoms with van der Waals surface area (Å²) in [6, 6.07) is 23.5. The standard InChI is InChI=1S/C25H28N2O5/c1-27(25(30)31)16-22(21-12-11-18-7-5-6-10-20(18)15-21)24(19-8-3-2-4-9-19)32-17-23(29)26-13-14-28/h2-12,15,22,24,28H,13-14,16-17H2,1H3,(H,26,29)(H,30,31)/t22-,24-/m1/s1. The molecule has 2 amide bonds. The first kappa shape index (κ1) is 23.2. The predicted molar refractivity (Wildman–Crippen MR) is 123 cm³/mol. The second kappa shape index (κ2) is 11.3. The van der Waals surface area contributed by atoms with Crippen molar-refractivity contribution in [1.82, 2.24) is 10.2 Å². The van der Waals surface area contributed by atoms with E-state index in [1.807, 2.05) is 72.8 Å². The molecule has 32 heavy (non-hydrogen) atoms. The van der Waals surface area contributed by atoms with Crippen molar-refractivity contribution in [1.29, 1.82) is 0 Å². The smallest absolute Gasteiger partial charge is 0.407 e. The van der Waals surface area contributed by atoms with Gasteiger partial charge in [0.2, 0.25) is 5.91 Å². The number of nitrogens with one attached hydrogen (secondary N) is 1. The zero-order valence-corrected chi connectivity index (χ0v) is 18.0. The highest BCUT2D eigenvalue weighted by molar-refractivity contribution is 5.83. The van der Waals surface area contributed by atoms with Crippen molar-refractivity contribution in [3.8, 4) is 0 Å². The third kappa shape index (κ3) is 6.06. The van der Waals surface area contributed by atoms with Crippen molar-refractivity contribution < 1.29 is 24.5 Å². The van der Waals surface area contributed by atoms with Crippen LogP contribution in [0.5, 0.6) is 0 Å². The van der Waals surface area contributed by atoms with Crippen molar-refractivity contribution in [2.45, 2.75) is 12.0 Å². The highest BCUT2D eigenvalue weighted by Gasteiger charge is 2.29. The van der Waals surface area contributed by atoms with E-state index in [4.69, 9.17) is 9.84 Å². The van der Waals surface area contributed by atoms with Gasteiger partial charge in [0.1, 0.15) is 6.61 Å². The fraction of sp³-hybridized carbons (Fsp3) is 0.280. The van der Waals surface area contributed by atoms with E-state index in [0.29, 0.717) is 0 Å². The monoisotopic (exact) mass is 436 g/mol. The van der Waals surface area contributed by atoms with Crippen LogP contribution in [0.4, 0.5) is 4.79 Å². The van der Waals surface area contributed by atoms with Gasteiger partial charge in [0.05, 0.1) is 12.7 Å². The Morgan fingerprint density at radius 1 is 0.969 bits per heavy atom. The lowest BCUT2D eigenvalue weighted by molar-refractivity contribution is -0.128. The fourth-order valence-corrected chi connectivity index (χ4v) is 3.69.